The molecular formula is C19H15F3O5. The van der Waals surface area contributed by atoms with E-state index in [-0.39, 0.29) is 23.4 Å². The summed E-state index contributed by atoms with van der Waals surface area (Å²) in [5, 5.41) is 9.67. The largest absolute Gasteiger partial charge is 0.508 e. The van der Waals surface area contributed by atoms with Crippen LogP contribution in [-0.4, -0.2) is 11.6 Å². The van der Waals surface area contributed by atoms with Gasteiger partial charge in [-0.3, -0.25) is 4.79 Å². The summed E-state index contributed by atoms with van der Waals surface area (Å²) in [7, 11) is 0. The number of phenols is 1. The van der Waals surface area contributed by atoms with Crippen LogP contribution in [0.15, 0.2) is 51.7 Å². The standard InChI is InChI=1S/C17H9F3O5.C2H6/c18-17(19,20)14-6-10(22)2-4-12(14)13-5-9-1-3-11(24-8-21)7-15(9)25-16(13)23;1-2/h1-8,22H;1-2H3. The lowest BCUT2D eigenvalue weighted by atomic mass is 9.99. The number of carbonyl (C=O) groups is 1. The number of ether oxygens (including phenoxy) is 1. The summed E-state index contributed by atoms with van der Waals surface area (Å²) in [4.78, 5) is 22.5. The predicted octanol–water partition coefficient (Wildman–Crippen LogP) is 4.75. The van der Waals surface area contributed by atoms with E-state index in [0.717, 1.165) is 12.1 Å². The third-order valence-corrected chi connectivity index (χ3v) is 3.49. The lowest BCUT2D eigenvalue weighted by molar-refractivity contribution is -0.137. The maximum Gasteiger partial charge on any atom is 0.417 e. The molecule has 8 heteroatoms. The molecule has 5 nitrogen and oxygen atoms in total. The molecule has 0 bridgehead atoms. The van der Waals surface area contributed by atoms with Gasteiger partial charge in [0.2, 0.25) is 0 Å². The Hall–Kier alpha value is -3.29. The SMILES string of the molecule is CC.O=COc1ccc2cc(-c3ccc(O)cc3C(F)(F)F)c(=O)oc2c1. The van der Waals surface area contributed by atoms with E-state index in [1.807, 2.05) is 13.8 Å². The lowest BCUT2D eigenvalue weighted by Crippen LogP contribution is -2.11. The fourth-order valence-corrected chi connectivity index (χ4v) is 2.41. The number of halogens is 3. The quantitative estimate of drug-likeness (QED) is 0.524. The number of carbonyl (C=O) groups excluding carboxylic acids is 1. The smallest absolute Gasteiger partial charge is 0.417 e. The molecule has 1 heterocycles. The highest BCUT2D eigenvalue weighted by atomic mass is 19.4. The fourth-order valence-electron chi connectivity index (χ4n) is 2.41. The van der Waals surface area contributed by atoms with Gasteiger partial charge in [0, 0.05) is 17.0 Å². The van der Waals surface area contributed by atoms with Crippen molar-refractivity contribution in [2.75, 3.05) is 0 Å². The van der Waals surface area contributed by atoms with Crippen LogP contribution in [0.3, 0.4) is 0 Å². The van der Waals surface area contributed by atoms with Gasteiger partial charge in [-0.2, -0.15) is 13.2 Å². The van der Waals surface area contributed by atoms with Gasteiger partial charge in [0.1, 0.15) is 17.1 Å². The number of hydrogen-bond donors (Lipinski definition) is 1. The summed E-state index contributed by atoms with van der Waals surface area (Å²) in [5.41, 5.74) is -2.80. The number of alkyl halides is 3. The topological polar surface area (TPSA) is 76.7 Å². The van der Waals surface area contributed by atoms with Gasteiger partial charge in [-0.25, -0.2) is 4.79 Å². The van der Waals surface area contributed by atoms with Crippen molar-refractivity contribution in [3.05, 3.63) is 58.4 Å². The molecule has 27 heavy (non-hydrogen) atoms. The predicted molar refractivity (Wildman–Crippen MR) is 92.6 cm³/mol. The molecule has 1 aromatic heterocycles. The Morgan fingerprint density at radius 2 is 1.74 bits per heavy atom. The Morgan fingerprint density at radius 1 is 1.04 bits per heavy atom. The average Bonchev–Trinajstić information content (AvgIpc) is 2.62. The van der Waals surface area contributed by atoms with Gasteiger partial charge < -0.3 is 14.3 Å². The Kier molecular flexibility index (Phi) is 5.89. The van der Waals surface area contributed by atoms with Crippen LogP contribution in [0.25, 0.3) is 22.1 Å². The first-order valence-electron chi connectivity index (χ1n) is 7.88. The zero-order valence-electron chi connectivity index (χ0n) is 14.3. The van der Waals surface area contributed by atoms with Gasteiger partial charge in [-0.05, 0) is 36.4 Å². The third-order valence-electron chi connectivity index (χ3n) is 3.49. The summed E-state index contributed by atoms with van der Waals surface area (Å²) >= 11 is 0. The maximum atomic E-state index is 13.2. The molecule has 0 amide bonds. The van der Waals surface area contributed by atoms with Gasteiger partial charge in [0.05, 0.1) is 11.1 Å². The minimum absolute atomic E-state index is 0.0560. The Balaban J connectivity index is 0.00000126. The first kappa shape index (κ1) is 20.0. The summed E-state index contributed by atoms with van der Waals surface area (Å²) in [6.45, 7) is 4.19. The molecule has 0 fully saturated rings. The molecule has 0 atom stereocenters. The van der Waals surface area contributed by atoms with Crippen molar-refractivity contribution in [2.24, 2.45) is 0 Å². The zero-order chi connectivity index (χ0) is 20.2. The number of fused-ring (bicyclic) bond motifs is 1. The average molecular weight is 380 g/mol. The molecule has 0 radical (unpaired) electrons. The summed E-state index contributed by atoms with van der Waals surface area (Å²) in [6, 6.07) is 7.95. The molecule has 0 saturated carbocycles. The van der Waals surface area contributed by atoms with E-state index >= 15 is 0 Å². The summed E-state index contributed by atoms with van der Waals surface area (Å²) in [6.07, 6.45) is -4.77. The first-order chi connectivity index (χ1) is 12.8. The molecule has 3 aromatic rings. The molecule has 142 valence electrons. The zero-order valence-corrected chi connectivity index (χ0v) is 14.3. The van der Waals surface area contributed by atoms with Crippen molar-refractivity contribution in [3.63, 3.8) is 0 Å². The summed E-state index contributed by atoms with van der Waals surface area (Å²) in [5.74, 6) is -0.448. The molecule has 0 unspecified atom stereocenters. The van der Waals surface area contributed by atoms with Gasteiger partial charge in [-0.15, -0.1) is 0 Å². The molecule has 0 aliphatic carbocycles. The number of hydrogen-bond acceptors (Lipinski definition) is 5. The second kappa shape index (κ2) is 7.94. The summed E-state index contributed by atoms with van der Waals surface area (Å²) < 4.78 is 49.3. The molecule has 0 aliphatic heterocycles. The van der Waals surface area contributed by atoms with Crippen LogP contribution >= 0.6 is 0 Å². The van der Waals surface area contributed by atoms with Crippen molar-refractivity contribution in [1.29, 1.82) is 0 Å². The molecule has 0 saturated heterocycles. The van der Waals surface area contributed by atoms with Crippen molar-refractivity contribution >= 4 is 17.4 Å². The van der Waals surface area contributed by atoms with Gasteiger partial charge in [0.15, 0.2) is 0 Å². The number of aromatic hydroxyl groups is 1. The molecule has 0 aliphatic rings. The normalized spacial score (nSPS) is 10.9. The van der Waals surface area contributed by atoms with E-state index in [9.17, 15) is 27.9 Å². The van der Waals surface area contributed by atoms with Gasteiger partial charge in [-0.1, -0.05) is 13.8 Å². The van der Waals surface area contributed by atoms with Crippen molar-refractivity contribution in [2.45, 2.75) is 20.0 Å². The minimum Gasteiger partial charge on any atom is -0.508 e. The van der Waals surface area contributed by atoms with E-state index in [1.165, 1.54) is 24.3 Å². The van der Waals surface area contributed by atoms with Crippen LogP contribution in [-0.2, 0) is 11.0 Å². The third kappa shape index (κ3) is 4.28. The molecule has 3 rings (SSSR count). The Labute approximate surface area is 151 Å². The second-order valence-corrected chi connectivity index (χ2v) is 5.09. The van der Waals surface area contributed by atoms with Crippen molar-refractivity contribution in [3.8, 4) is 22.6 Å². The van der Waals surface area contributed by atoms with Crippen LogP contribution in [0.2, 0.25) is 0 Å². The van der Waals surface area contributed by atoms with Crippen molar-refractivity contribution < 1.29 is 32.2 Å². The molecule has 1 N–H and O–H groups in total. The fraction of sp³-hybridized carbons (Fsp3) is 0.158. The van der Waals surface area contributed by atoms with Crippen LogP contribution in [0, 0.1) is 0 Å². The maximum absolute atomic E-state index is 13.2. The highest BCUT2D eigenvalue weighted by Gasteiger charge is 2.35. The molecule has 0 spiro atoms. The lowest BCUT2D eigenvalue weighted by Gasteiger charge is -2.13. The van der Waals surface area contributed by atoms with Gasteiger partial charge >= 0.3 is 11.8 Å². The van der Waals surface area contributed by atoms with Crippen LogP contribution in [0.1, 0.15) is 19.4 Å². The molecule has 2 aromatic carbocycles. The Morgan fingerprint density at radius 3 is 2.37 bits per heavy atom. The first-order valence-corrected chi connectivity index (χ1v) is 7.88. The number of rotatable bonds is 3. The van der Waals surface area contributed by atoms with E-state index < -0.39 is 28.7 Å². The van der Waals surface area contributed by atoms with E-state index in [0.29, 0.717) is 11.5 Å². The van der Waals surface area contributed by atoms with Crippen LogP contribution < -0.4 is 10.4 Å². The van der Waals surface area contributed by atoms with Crippen LogP contribution in [0.5, 0.6) is 11.5 Å². The number of benzene rings is 2. The highest BCUT2D eigenvalue weighted by Crippen LogP contribution is 2.38. The van der Waals surface area contributed by atoms with Crippen LogP contribution in [0.4, 0.5) is 13.2 Å². The van der Waals surface area contributed by atoms with E-state index in [2.05, 4.69) is 4.74 Å². The minimum atomic E-state index is -4.77. The Bertz CT molecular complexity index is 1020. The monoisotopic (exact) mass is 380 g/mol. The molecular weight excluding hydrogens is 365 g/mol. The highest BCUT2D eigenvalue weighted by molar-refractivity contribution is 5.83. The number of phenolic OH excluding ortho intramolecular Hbond substituents is 1. The van der Waals surface area contributed by atoms with E-state index in [4.69, 9.17) is 4.42 Å². The van der Waals surface area contributed by atoms with Crippen molar-refractivity contribution in [1.82, 2.24) is 0 Å². The van der Waals surface area contributed by atoms with Gasteiger partial charge in [0.25, 0.3) is 6.47 Å². The second-order valence-electron chi connectivity index (χ2n) is 5.09. The van der Waals surface area contributed by atoms with E-state index in [1.54, 1.807) is 0 Å².